The van der Waals surface area contributed by atoms with Crippen LogP contribution < -0.4 is 4.90 Å². The molecule has 0 saturated heterocycles. The van der Waals surface area contributed by atoms with Gasteiger partial charge in [-0.15, -0.1) is 0 Å². The number of hydrogen-bond donors (Lipinski definition) is 0. The Labute approximate surface area is 376 Å². The van der Waals surface area contributed by atoms with Crippen molar-refractivity contribution in [1.29, 1.82) is 0 Å². The molecule has 0 radical (unpaired) electrons. The lowest BCUT2D eigenvalue weighted by atomic mass is 9.70. The molecule has 3 aliphatic rings. The molecule has 0 N–H and O–H groups in total. The Balaban J connectivity index is 0.946. The highest BCUT2D eigenvalue weighted by Crippen LogP contribution is 2.63. The SMILES string of the molecule is CC/C=C(\C#CCC1(c2c#cccc2)c2ccc#cc2-c2ccccc21)N(c1ccccc1)c1ccc(-c2ccc3c(c2)C2(c4ccccc4-c4ccccc42)c2ccccc2-3)cc1. The summed E-state index contributed by atoms with van der Waals surface area (Å²) >= 11 is 0. The van der Waals surface area contributed by atoms with Crippen LogP contribution in [0.4, 0.5) is 11.4 Å². The Morgan fingerprint density at radius 1 is 0.500 bits per heavy atom. The number of fused-ring (bicyclic) bond motifs is 13. The summed E-state index contributed by atoms with van der Waals surface area (Å²) in [7, 11) is 0. The molecule has 64 heavy (non-hydrogen) atoms. The number of allylic oxidation sites excluding steroid dienone is 2. The van der Waals surface area contributed by atoms with Gasteiger partial charge in [0, 0.05) is 28.9 Å². The van der Waals surface area contributed by atoms with Gasteiger partial charge in [-0.3, -0.25) is 0 Å². The highest BCUT2D eigenvalue weighted by molar-refractivity contribution is 5.96. The summed E-state index contributed by atoms with van der Waals surface area (Å²) in [6.07, 6.45) is 3.64. The third-order valence-electron chi connectivity index (χ3n) is 13.7. The maximum atomic E-state index is 3.74. The molecule has 1 heteroatoms. The van der Waals surface area contributed by atoms with Crippen LogP contribution in [0.1, 0.15) is 58.7 Å². The largest absolute Gasteiger partial charge is 0.303 e. The van der Waals surface area contributed by atoms with Gasteiger partial charge in [0.1, 0.15) is 0 Å². The topological polar surface area (TPSA) is 3.24 Å². The van der Waals surface area contributed by atoms with Gasteiger partial charge in [0.05, 0.1) is 16.5 Å². The Morgan fingerprint density at radius 3 is 1.73 bits per heavy atom. The van der Waals surface area contributed by atoms with Crippen molar-refractivity contribution in [1.82, 2.24) is 0 Å². The molecule has 0 bridgehead atoms. The number of benzene rings is 7. The minimum Gasteiger partial charge on any atom is -0.303 e. The van der Waals surface area contributed by atoms with Gasteiger partial charge in [0.2, 0.25) is 0 Å². The standard InChI is InChI=1S/C63H41N/c1-2-20-47(25-19-42-62(46-21-5-3-6-22-46)56-31-14-9-26-50(56)51-27-10-15-32-57(51)62)64(48-23-7-4-8-24-48)49-39-36-44(37-40-49)45-38-41-55-54-30-13-18-35-60(54)63(61(55)43-45)58-33-16-11-28-52(58)53-29-12-17-34-59(53)63/h3-5,7-9,11-18,20-21,23-24,26,28-41,43H,2,42H2,1H3/b47-20+. The molecular formula is C63H41N. The summed E-state index contributed by atoms with van der Waals surface area (Å²) in [5.41, 5.74) is 20.8. The van der Waals surface area contributed by atoms with Crippen molar-refractivity contribution in [3.63, 3.8) is 0 Å². The number of para-hydroxylation sites is 1. The van der Waals surface area contributed by atoms with Gasteiger partial charge in [0.15, 0.2) is 0 Å². The van der Waals surface area contributed by atoms with Crippen molar-refractivity contribution in [2.45, 2.75) is 30.6 Å². The number of anilines is 2. The molecule has 0 fully saturated rings. The van der Waals surface area contributed by atoms with Crippen LogP contribution in [0, 0.1) is 36.1 Å². The van der Waals surface area contributed by atoms with Crippen LogP contribution in [0.5, 0.6) is 0 Å². The number of nitrogens with zero attached hydrogens (tertiary/aromatic N) is 1. The van der Waals surface area contributed by atoms with Crippen LogP contribution in [0.3, 0.4) is 0 Å². The van der Waals surface area contributed by atoms with E-state index in [-0.39, 0.29) is 5.41 Å². The molecule has 0 amide bonds. The van der Waals surface area contributed by atoms with Crippen molar-refractivity contribution in [2.75, 3.05) is 4.90 Å². The summed E-state index contributed by atoms with van der Waals surface area (Å²) in [5, 5.41) is 0. The van der Waals surface area contributed by atoms with Crippen LogP contribution in [0.25, 0.3) is 44.5 Å². The molecule has 0 aromatic heterocycles. The molecule has 12 rings (SSSR count). The summed E-state index contributed by atoms with van der Waals surface area (Å²) < 4.78 is 0. The first-order valence-corrected chi connectivity index (χ1v) is 22.2. The zero-order valence-electron chi connectivity index (χ0n) is 35.5. The molecule has 0 aliphatic heterocycles. The molecule has 9 aromatic rings. The van der Waals surface area contributed by atoms with Gasteiger partial charge in [-0.1, -0.05) is 189 Å². The van der Waals surface area contributed by atoms with Crippen molar-refractivity contribution in [3.05, 3.63) is 275 Å². The second-order valence-corrected chi connectivity index (χ2v) is 16.9. The first-order chi connectivity index (χ1) is 31.7. The maximum Gasteiger partial charge on any atom is 0.0929 e. The molecule has 3 aliphatic carbocycles. The maximum absolute atomic E-state index is 3.74. The van der Waals surface area contributed by atoms with Gasteiger partial charge in [0.25, 0.3) is 0 Å². The van der Waals surface area contributed by atoms with Gasteiger partial charge in [-0.25, -0.2) is 0 Å². The molecule has 1 nitrogen and oxygen atoms in total. The molecule has 0 saturated carbocycles. The highest BCUT2D eigenvalue weighted by Gasteiger charge is 2.51. The second kappa shape index (κ2) is 15.0. The lowest BCUT2D eigenvalue weighted by Crippen LogP contribution is -2.26. The average Bonchev–Trinajstić information content (AvgIpc) is 3.95. The fourth-order valence-electron chi connectivity index (χ4n) is 11.1. The third kappa shape index (κ3) is 5.44. The average molecular weight is 812 g/mol. The second-order valence-electron chi connectivity index (χ2n) is 16.9. The monoisotopic (exact) mass is 811 g/mol. The summed E-state index contributed by atoms with van der Waals surface area (Å²) in [6, 6.07) is 86.1. The molecule has 9 aromatic carbocycles. The van der Waals surface area contributed by atoms with Gasteiger partial charge in [-0.2, -0.15) is 0 Å². The van der Waals surface area contributed by atoms with E-state index in [1.807, 2.05) is 12.1 Å². The fraction of sp³-hybridized carbons (Fsp3) is 0.0794. The van der Waals surface area contributed by atoms with E-state index >= 15 is 0 Å². The van der Waals surface area contributed by atoms with Crippen LogP contribution in [-0.4, -0.2) is 0 Å². The van der Waals surface area contributed by atoms with E-state index in [0.29, 0.717) is 6.42 Å². The van der Waals surface area contributed by atoms with Crippen LogP contribution in [0.2, 0.25) is 0 Å². The van der Waals surface area contributed by atoms with Gasteiger partial charge in [-0.05, 0) is 139 Å². The first kappa shape index (κ1) is 37.5. The Kier molecular flexibility index (Phi) is 8.76. The van der Waals surface area contributed by atoms with Gasteiger partial charge < -0.3 is 4.90 Å². The van der Waals surface area contributed by atoms with Crippen LogP contribution in [-0.2, 0) is 10.8 Å². The summed E-state index contributed by atoms with van der Waals surface area (Å²) in [5.74, 6) is 7.47. The molecule has 1 unspecified atom stereocenters. The summed E-state index contributed by atoms with van der Waals surface area (Å²) in [4.78, 5) is 2.30. The van der Waals surface area contributed by atoms with Crippen molar-refractivity contribution < 1.29 is 0 Å². The van der Waals surface area contributed by atoms with Crippen molar-refractivity contribution >= 4 is 11.4 Å². The van der Waals surface area contributed by atoms with E-state index in [1.54, 1.807) is 0 Å². The zero-order chi connectivity index (χ0) is 42.7. The molecule has 298 valence electrons. The lowest BCUT2D eigenvalue weighted by molar-refractivity contribution is 0.657. The molecular weight excluding hydrogens is 771 g/mol. The molecule has 1 spiro atoms. The van der Waals surface area contributed by atoms with Crippen LogP contribution in [0.15, 0.2) is 212 Å². The minimum atomic E-state index is -0.530. The summed E-state index contributed by atoms with van der Waals surface area (Å²) in [6.45, 7) is 2.18. The fourth-order valence-corrected chi connectivity index (χ4v) is 11.1. The predicted molar refractivity (Wildman–Crippen MR) is 261 cm³/mol. The van der Waals surface area contributed by atoms with Crippen molar-refractivity contribution in [2.24, 2.45) is 0 Å². The van der Waals surface area contributed by atoms with E-state index < -0.39 is 5.41 Å². The Morgan fingerprint density at radius 2 is 1.08 bits per heavy atom. The first-order valence-electron chi connectivity index (χ1n) is 22.2. The predicted octanol–water partition coefficient (Wildman–Crippen LogP) is 14.7. The third-order valence-corrected chi connectivity index (χ3v) is 13.7. The van der Waals surface area contributed by atoms with Gasteiger partial charge >= 0.3 is 0 Å². The van der Waals surface area contributed by atoms with E-state index in [0.717, 1.165) is 34.6 Å². The van der Waals surface area contributed by atoms with E-state index in [4.69, 9.17) is 0 Å². The van der Waals surface area contributed by atoms with E-state index in [1.165, 1.54) is 72.3 Å². The minimum absolute atomic E-state index is 0.383. The zero-order valence-corrected chi connectivity index (χ0v) is 35.5. The molecule has 0 heterocycles. The normalized spacial score (nSPS) is 13.8. The molecule has 1 atom stereocenters. The smallest absolute Gasteiger partial charge is 0.0929 e. The van der Waals surface area contributed by atoms with E-state index in [9.17, 15) is 0 Å². The Bertz CT molecular complexity index is 3230. The quantitative estimate of drug-likeness (QED) is 0.145. The Hall–Kier alpha value is -8.28. The lowest BCUT2D eigenvalue weighted by Gasteiger charge is -2.30. The van der Waals surface area contributed by atoms with Crippen LogP contribution >= 0.6 is 0 Å². The number of rotatable bonds is 7. The number of hydrogen-bond acceptors (Lipinski definition) is 1. The van der Waals surface area contributed by atoms with Crippen molar-refractivity contribution in [3.8, 4) is 56.3 Å². The highest BCUT2D eigenvalue weighted by atomic mass is 15.1. The van der Waals surface area contributed by atoms with E-state index in [2.05, 4.69) is 242 Å².